The summed E-state index contributed by atoms with van der Waals surface area (Å²) < 4.78 is 16.2. The van der Waals surface area contributed by atoms with E-state index in [-0.39, 0.29) is 12.5 Å². The van der Waals surface area contributed by atoms with Gasteiger partial charge in [-0.05, 0) is 48.5 Å². The van der Waals surface area contributed by atoms with Gasteiger partial charge in [0.05, 0.1) is 13.7 Å². The van der Waals surface area contributed by atoms with Gasteiger partial charge in [0.1, 0.15) is 5.75 Å². The van der Waals surface area contributed by atoms with E-state index in [1.165, 1.54) is 0 Å². The van der Waals surface area contributed by atoms with E-state index in [1.54, 1.807) is 19.2 Å². The molecule has 0 unspecified atom stereocenters. The van der Waals surface area contributed by atoms with Crippen molar-refractivity contribution in [2.45, 2.75) is 19.9 Å². The van der Waals surface area contributed by atoms with Gasteiger partial charge >= 0.3 is 0 Å². The van der Waals surface area contributed by atoms with Gasteiger partial charge in [-0.1, -0.05) is 31.2 Å². The molecule has 0 saturated carbocycles. The van der Waals surface area contributed by atoms with E-state index in [0.29, 0.717) is 29.8 Å². The van der Waals surface area contributed by atoms with Crippen LogP contribution in [0.5, 0.6) is 17.2 Å². The summed E-state index contributed by atoms with van der Waals surface area (Å²) in [7, 11) is 1.62. The SMILES string of the molecule is CCCOc1ccccc1OCC(=O)NNC(=S)NCc1ccc(OC)cc1. The molecular weight excluding hydrogens is 378 g/mol. The second-order valence-electron chi connectivity index (χ2n) is 5.79. The first kappa shape index (κ1) is 21.3. The first-order valence-electron chi connectivity index (χ1n) is 8.92. The summed E-state index contributed by atoms with van der Waals surface area (Å²) in [5.74, 6) is 1.56. The van der Waals surface area contributed by atoms with Crippen LogP contribution in [0.3, 0.4) is 0 Å². The van der Waals surface area contributed by atoms with Crippen molar-refractivity contribution in [1.82, 2.24) is 16.2 Å². The van der Waals surface area contributed by atoms with Crippen molar-refractivity contribution in [3.05, 3.63) is 54.1 Å². The van der Waals surface area contributed by atoms with Gasteiger partial charge in [0.25, 0.3) is 5.91 Å². The van der Waals surface area contributed by atoms with Crippen molar-refractivity contribution in [3.8, 4) is 17.2 Å². The Morgan fingerprint density at radius 3 is 2.32 bits per heavy atom. The highest BCUT2D eigenvalue weighted by Crippen LogP contribution is 2.26. The lowest BCUT2D eigenvalue weighted by molar-refractivity contribution is -0.123. The summed E-state index contributed by atoms with van der Waals surface area (Å²) in [4.78, 5) is 12.0. The summed E-state index contributed by atoms with van der Waals surface area (Å²) in [6.45, 7) is 2.96. The minimum atomic E-state index is -0.362. The standard InChI is InChI=1S/C20H25N3O4S/c1-3-12-26-17-6-4-5-7-18(17)27-14-19(24)22-23-20(28)21-13-15-8-10-16(25-2)11-9-15/h4-11H,3,12-14H2,1-2H3,(H,22,24)(H2,21,23,28). The number of hydrazine groups is 1. The minimum absolute atomic E-state index is 0.166. The molecule has 2 aromatic rings. The highest BCUT2D eigenvalue weighted by molar-refractivity contribution is 7.80. The molecule has 3 N–H and O–H groups in total. The molecule has 0 spiro atoms. The summed E-state index contributed by atoms with van der Waals surface area (Å²) >= 11 is 5.14. The normalized spacial score (nSPS) is 9.93. The molecule has 2 rings (SSSR count). The van der Waals surface area contributed by atoms with Gasteiger partial charge in [0, 0.05) is 6.54 Å². The molecule has 0 saturated heterocycles. The van der Waals surface area contributed by atoms with Gasteiger partial charge in [-0.15, -0.1) is 0 Å². The molecule has 0 heterocycles. The maximum absolute atomic E-state index is 12.0. The number of para-hydroxylation sites is 2. The van der Waals surface area contributed by atoms with Crippen LogP contribution in [0.4, 0.5) is 0 Å². The molecule has 0 aliphatic carbocycles. The Labute approximate surface area is 170 Å². The van der Waals surface area contributed by atoms with Gasteiger partial charge in [-0.2, -0.15) is 0 Å². The largest absolute Gasteiger partial charge is 0.497 e. The lowest BCUT2D eigenvalue weighted by Crippen LogP contribution is -2.48. The van der Waals surface area contributed by atoms with Crippen LogP contribution in [0.25, 0.3) is 0 Å². The number of ether oxygens (including phenoxy) is 3. The quantitative estimate of drug-likeness (QED) is 0.439. The fourth-order valence-corrected chi connectivity index (χ4v) is 2.30. The zero-order chi connectivity index (χ0) is 20.2. The van der Waals surface area contributed by atoms with Crippen LogP contribution in [0, 0.1) is 0 Å². The number of nitrogens with one attached hydrogen (secondary N) is 3. The first-order chi connectivity index (χ1) is 13.6. The van der Waals surface area contributed by atoms with Gasteiger partial charge < -0.3 is 19.5 Å². The highest BCUT2D eigenvalue weighted by atomic mass is 32.1. The third kappa shape index (κ3) is 7.32. The Bertz CT molecular complexity index is 768. The minimum Gasteiger partial charge on any atom is -0.497 e. The van der Waals surface area contributed by atoms with Crippen LogP contribution in [0.15, 0.2) is 48.5 Å². The third-order valence-electron chi connectivity index (χ3n) is 3.60. The fourth-order valence-electron chi connectivity index (χ4n) is 2.18. The summed E-state index contributed by atoms with van der Waals surface area (Å²) in [5, 5.41) is 3.30. The zero-order valence-corrected chi connectivity index (χ0v) is 16.8. The summed E-state index contributed by atoms with van der Waals surface area (Å²) in [6.07, 6.45) is 0.889. The van der Waals surface area contributed by atoms with Crippen LogP contribution in [-0.4, -0.2) is 31.3 Å². The number of thiocarbonyl (C=S) groups is 1. The smallest absolute Gasteiger partial charge is 0.276 e. The number of amides is 1. The van der Waals surface area contributed by atoms with Crippen LogP contribution in [0.2, 0.25) is 0 Å². The van der Waals surface area contributed by atoms with Gasteiger partial charge in [0.15, 0.2) is 23.2 Å². The number of carbonyl (C=O) groups excluding carboxylic acids is 1. The molecule has 0 aliphatic rings. The van der Waals surface area contributed by atoms with Crippen LogP contribution in [-0.2, 0) is 11.3 Å². The number of benzene rings is 2. The van der Waals surface area contributed by atoms with E-state index in [2.05, 4.69) is 16.2 Å². The van der Waals surface area contributed by atoms with E-state index in [4.69, 9.17) is 26.4 Å². The van der Waals surface area contributed by atoms with E-state index in [0.717, 1.165) is 17.7 Å². The molecular formula is C20H25N3O4S. The molecule has 0 atom stereocenters. The monoisotopic (exact) mass is 403 g/mol. The summed E-state index contributed by atoms with van der Waals surface area (Å²) in [5.41, 5.74) is 6.17. The molecule has 1 amide bonds. The van der Waals surface area contributed by atoms with E-state index in [1.807, 2.05) is 43.3 Å². The maximum atomic E-state index is 12.0. The van der Waals surface area contributed by atoms with Crippen LogP contribution in [0.1, 0.15) is 18.9 Å². The number of hydrogen-bond donors (Lipinski definition) is 3. The Morgan fingerprint density at radius 2 is 1.68 bits per heavy atom. The number of hydrogen-bond acceptors (Lipinski definition) is 5. The lowest BCUT2D eigenvalue weighted by atomic mass is 10.2. The second kappa shape index (κ2) is 11.7. The van der Waals surface area contributed by atoms with Crippen LogP contribution < -0.4 is 30.4 Å². The van der Waals surface area contributed by atoms with E-state index in [9.17, 15) is 4.79 Å². The molecule has 150 valence electrons. The molecule has 0 bridgehead atoms. The number of rotatable bonds is 9. The van der Waals surface area contributed by atoms with Gasteiger partial charge in [-0.25, -0.2) is 0 Å². The first-order valence-corrected chi connectivity index (χ1v) is 9.33. The molecule has 7 nitrogen and oxygen atoms in total. The van der Waals surface area contributed by atoms with Crippen molar-refractivity contribution in [1.29, 1.82) is 0 Å². The average Bonchev–Trinajstić information content (AvgIpc) is 2.74. The maximum Gasteiger partial charge on any atom is 0.276 e. The van der Waals surface area contributed by atoms with E-state index < -0.39 is 0 Å². The fraction of sp³-hybridized carbons (Fsp3) is 0.300. The van der Waals surface area contributed by atoms with Crippen molar-refractivity contribution in [3.63, 3.8) is 0 Å². The third-order valence-corrected chi connectivity index (χ3v) is 3.84. The van der Waals surface area contributed by atoms with Crippen LogP contribution >= 0.6 is 12.2 Å². The topological polar surface area (TPSA) is 80.9 Å². The van der Waals surface area contributed by atoms with Crippen molar-refractivity contribution in [2.24, 2.45) is 0 Å². The Balaban J connectivity index is 1.69. The van der Waals surface area contributed by atoms with Gasteiger partial charge in [0.2, 0.25) is 0 Å². The average molecular weight is 404 g/mol. The molecule has 0 aliphatic heterocycles. The number of methoxy groups -OCH3 is 1. The highest BCUT2D eigenvalue weighted by Gasteiger charge is 2.08. The molecule has 0 fully saturated rings. The van der Waals surface area contributed by atoms with Crippen molar-refractivity contribution in [2.75, 3.05) is 20.3 Å². The molecule has 0 radical (unpaired) electrons. The molecule has 8 heteroatoms. The number of carbonyl (C=O) groups is 1. The Hall–Kier alpha value is -3.00. The molecule has 28 heavy (non-hydrogen) atoms. The molecule has 0 aromatic heterocycles. The molecule has 2 aromatic carbocycles. The Kier molecular flexibility index (Phi) is 8.87. The van der Waals surface area contributed by atoms with Crippen molar-refractivity contribution >= 4 is 23.2 Å². The van der Waals surface area contributed by atoms with Crippen molar-refractivity contribution < 1.29 is 19.0 Å². The predicted molar refractivity (Wildman–Crippen MR) is 111 cm³/mol. The lowest BCUT2D eigenvalue weighted by Gasteiger charge is -2.14. The second-order valence-corrected chi connectivity index (χ2v) is 6.20. The summed E-state index contributed by atoms with van der Waals surface area (Å²) in [6, 6.07) is 14.8. The Morgan fingerprint density at radius 1 is 1.00 bits per heavy atom. The van der Waals surface area contributed by atoms with Gasteiger partial charge in [-0.3, -0.25) is 15.6 Å². The van der Waals surface area contributed by atoms with E-state index >= 15 is 0 Å². The predicted octanol–water partition coefficient (Wildman–Crippen LogP) is 2.56. The zero-order valence-electron chi connectivity index (χ0n) is 16.0.